The van der Waals surface area contributed by atoms with E-state index in [1.54, 1.807) is 25.2 Å². The Bertz CT molecular complexity index is 636. The molecule has 1 N–H and O–H groups in total. The monoisotopic (exact) mass is 251 g/mol. The van der Waals surface area contributed by atoms with Crippen LogP contribution in [0.15, 0.2) is 29.3 Å². The van der Waals surface area contributed by atoms with Crippen LogP contribution in [-0.2, 0) is 11.8 Å². The van der Waals surface area contributed by atoms with Crippen molar-refractivity contribution in [2.45, 2.75) is 0 Å². The van der Waals surface area contributed by atoms with E-state index in [9.17, 15) is 9.59 Å². The Kier molecular flexibility index (Phi) is 3.10. The van der Waals surface area contributed by atoms with Gasteiger partial charge in [-0.2, -0.15) is 0 Å². The van der Waals surface area contributed by atoms with E-state index in [1.807, 2.05) is 0 Å². The second-order valence-corrected chi connectivity index (χ2v) is 3.84. The third-order valence-electron chi connectivity index (χ3n) is 2.32. The minimum atomic E-state index is -0.313. The topological polar surface area (TPSA) is 64.0 Å². The van der Waals surface area contributed by atoms with Gasteiger partial charge in [0, 0.05) is 12.7 Å². The van der Waals surface area contributed by atoms with Crippen LogP contribution in [0.5, 0.6) is 0 Å². The molecular formula is C11H10ClN3O2. The molecule has 1 heterocycles. The molecule has 6 heteroatoms. The molecule has 1 aromatic heterocycles. The van der Waals surface area contributed by atoms with Crippen LogP contribution >= 0.6 is 11.6 Å². The summed E-state index contributed by atoms with van der Waals surface area (Å²) in [4.78, 5) is 27.1. The zero-order valence-corrected chi connectivity index (χ0v) is 9.86. The zero-order chi connectivity index (χ0) is 12.4. The summed E-state index contributed by atoms with van der Waals surface area (Å²) >= 11 is 5.39. The van der Waals surface area contributed by atoms with Crippen LogP contribution in [0.3, 0.4) is 0 Å². The number of nitrogens with zero attached hydrogens (tertiary/aromatic N) is 2. The predicted octanol–water partition coefficient (Wildman–Crippen LogP) is 1.11. The highest BCUT2D eigenvalue weighted by molar-refractivity contribution is 6.29. The Morgan fingerprint density at radius 3 is 3.00 bits per heavy atom. The largest absolute Gasteiger partial charge is 0.325 e. The van der Waals surface area contributed by atoms with Gasteiger partial charge in [0.05, 0.1) is 17.2 Å². The van der Waals surface area contributed by atoms with Crippen molar-refractivity contribution in [3.8, 4) is 0 Å². The lowest BCUT2D eigenvalue weighted by atomic mass is 10.2. The average Bonchev–Trinajstić information content (AvgIpc) is 2.34. The highest BCUT2D eigenvalue weighted by Crippen LogP contribution is 2.14. The van der Waals surface area contributed by atoms with Gasteiger partial charge in [0.2, 0.25) is 5.91 Å². The lowest BCUT2D eigenvalue weighted by Crippen LogP contribution is -2.17. The highest BCUT2D eigenvalue weighted by Gasteiger charge is 2.05. The number of aromatic nitrogens is 2. The van der Waals surface area contributed by atoms with Crippen molar-refractivity contribution < 1.29 is 4.79 Å². The lowest BCUT2D eigenvalue weighted by Gasteiger charge is -2.05. The first kappa shape index (κ1) is 11.6. The molecule has 0 fully saturated rings. The number of amides is 1. The van der Waals surface area contributed by atoms with Crippen LogP contribution < -0.4 is 10.9 Å². The molecule has 0 saturated carbocycles. The number of rotatable bonds is 2. The molecule has 2 rings (SSSR count). The Labute approximate surface area is 102 Å². The molecule has 0 aliphatic heterocycles. The summed E-state index contributed by atoms with van der Waals surface area (Å²) in [5, 5.41) is 3.04. The Balaban J connectivity index is 2.53. The first-order chi connectivity index (χ1) is 8.11. The van der Waals surface area contributed by atoms with E-state index in [2.05, 4.69) is 10.3 Å². The summed E-state index contributed by atoms with van der Waals surface area (Å²) in [5.74, 6) is -0.435. The number of fused-ring (bicyclic) bond motifs is 1. The van der Waals surface area contributed by atoms with E-state index >= 15 is 0 Å². The molecule has 0 radical (unpaired) electrons. The van der Waals surface area contributed by atoms with Gasteiger partial charge in [-0.1, -0.05) is 0 Å². The van der Waals surface area contributed by atoms with Crippen molar-refractivity contribution in [3.05, 3.63) is 34.9 Å². The van der Waals surface area contributed by atoms with Crippen LogP contribution in [-0.4, -0.2) is 21.3 Å². The summed E-state index contributed by atoms with van der Waals surface area (Å²) in [5.41, 5.74) is 0.974. The predicted molar refractivity (Wildman–Crippen MR) is 66.3 cm³/mol. The molecule has 0 aliphatic carbocycles. The van der Waals surface area contributed by atoms with Gasteiger partial charge in [0.1, 0.15) is 5.88 Å². The number of aryl methyl sites for hydroxylation is 1. The maximum atomic E-state index is 11.8. The van der Waals surface area contributed by atoms with Crippen molar-refractivity contribution in [1.82, 2.24) is 9.55 Å². The molecule has 1 aromatic carbocycles. The van der Waals surface area contributed by atoms with Crippen LogP contribution in [0.2, 0.25) is 0 Å². The Morgan fingerprint density at radius 2 is 2.29 bits per heavy atom. The van der Waals surface area contributed by atoms with Crippen LogP contribution in [0.25, 0.3) is 10.9 Å². The smallest absolute Gasteiger partial charge is 0.260 e. The number of anilines is 1. The van der Waals surface area contributed by atoms with Gasteiger partial charge in [-0.15, -0.1) is 11.6 Å². The number of benzene rings is 1. The van der Waals surface area contributed by atoms with Crippen molar-refractivity contribution in [2.24, 2.45) is 7.05 Å². The van der Waals surface area contributed by atoms with Crippen molar-refractivity contribution in [2.75, 3.05) is 11.2 Å². The molecule has 1 amide bonds. The van der Waals surface area contributed by atoms with E-state index in [0.717, 1.165) is 0 Å². The lowest BCUT2D eigenvalue weighted by molar-refractivity contribution is -0.113. The maximum absolute atomic E-state index is 11.8. The van der Waals surface area contributed by atoms with Crippen LogP contribution in [0.4, 0.5) is 5.69 Å². The minimum Gasteiger partial charge on any atom is -0.325 e. The molecule has 17 heavy (non-hydrogen) atoms. The van der Waals surface area contributed by atoms with E-state index in [-0.39, 0.29) is 17.3 Å². The van der Waals surface area contributed by atoms with E-state index < -0.39 is 0 Å². The Morgan fingerprint density at radius 1 is 1.53 bits per heavy atom. The fourth-order valence-corrected chi connectivity index (χ4v) is 1.55. The third kappa shape index (κ3) is 2.29. The summed E-state index contributed by atoms with van der Waals surface area (Å²) in [6, 6.07) is 4.95. The first-order valence-electron chi connectivity index (χ1n) is 4.93. The number of hydrogen-bond acceptors (Lipinski definition) is 3. The standard InChI is InChI=1S/C11H10ClN3O2/c1-15-6-13-9-3-2-7(14-10(16)5-12)4-8(9)11(15)17/h2-4,6H,5H2,1H3,(H,14,16). The molecule has 0 atom stereocenters. The van der Waals surface area contributed by atoms with Gasteiger partial charge in [-0.3, -0.25) is 9.59 Å². The number of nitrogens with one attached hydrogen (secondary N) is 1. The molecule has 0 unspecified atom stereocenters. The fraction of sp³-hybridized carbons (Fsp3) is 0.182. The summed E-state index contributed by atoms with van der Waals surface area (Å²) in [7, 11) is 1.62. The SMILES string of the molecule is Cn1cnc2ccc(NC(=O)CCl)cc2c1=O. The second-order valence-electron chi connectivity index (χ2n) is 3.57. The van der Waals surface area contributed by atoms with Crippen molar-refractivity contribution >= 4 is 34.1 Å². The van der Waals surface area contributed by atoms with Gasteiger partial charge in [0.15, 0.2) is 0 Å². The third-order valence-corrected chi connectivity index (χ3v) is 2.57. The number of carbonyl (C=O) groups is 1. The molecule has 2 aromatic rings. The van der Waals surface area contributed by atoms with Crippen LogP contribution in [0.1, 0.15) is 0 Å². The average molecular weight is 252 g/mol. The molecule has 0 aliphatic rings. The Hall–Kier alpha value is -1.88. The van der Waals surface area contributed by atoms with Crippen molar-refractivity contribution in [3.63, 3.8) is 0 Å². The van der Waals surface area contributed by atoms with Gasteiger partial charge < -0.3 is 9.88 Å². The molecule has 88 valence electrons. The molecule has 0 spiro atoms. The zero-order valence-electron chi connectivity index (χ0n) is 9.11. The van der Waals surface area contributed by atoms with Gasteiger partial charge in [0.25, 0.3) is 5.56 Å². The number of alkyl halides is 1. The van der Waals surface area contributed by atoms with Crippen LogP contribution in [0, 0.1) is 0 Å². The van der Waals surface area contributed by atoms with E-state index in [0.29, 0.717) is 16.6 Å². The van der Waals surface area contributed by atoms with Gasteiger partial charge in [-0.25, -0.2) is 4.98 Å². The number of carbonyl (C=O) groups excluding carboxylic acids is 1. The molecule has 0 saturated heterocycles. The summed E-state index contributed by atoms with van der Waals surface area (Å²) < 4.78 is 1.38. The fourth-order valence-electron chi connectivity index (χ4n) is 1.48. The molecular weight excluding hydrogens is 242 g/mol. The van der Waals surface area contributed by atoms with Gasteiger partial charge >= 0.3 is 0 Å². The summed E-state index contributed by atoms with van der Waals surface area (Å²) in [6.45, 7) is 0. The second kappa shape index (κ2) is 4.55. The normalized spacial score (nSPS) is 10.5. The van der Waals surface area contributed by atoms with E-state index in [1.165, 1.54) is 10.9 Å². The van der Waals surface area contributed by atoms with Gasteiger partial charge in [-0.05, 0) is 18.2 Å². The minimum absolute atomic E-state index is 0.122. The van der Waals surface area contributed by atoms with E-state index in [4.69, 9.17) is 11.6 Å². The highest BCUT2D eigenvalue weighted by atomic mass is 35.5. The quantitative estimate of drug-likeness (QED) is 0.814. The maximum Gasteiger partial charge on any atom is 0.260 e. The molecule has 5 nitrogen and oxygen atoms in total. The summed E-state index contributed by atoms with van der Waals surface area (Å²) in [6.07, 6.45) is 1.46. The number of hydrogen-bond donors (Lipinski definition) is 1. The molecule has 0 bridgehead atoms. The number of halogens is 1. The van der Waals surface area contributed by atoms with Crippen molar-refractivity contribution in [1.29, 1.82) is 0 Å². The first-order valence-corrected chi connectivity index (χ1v) is 5.46.